The van der Waals surface area contributed by atoms with Crippen LogP contribution in [0.1, 0.15) is 29.3 Å². The van der Waals surface area contributed by atoms with Gasteiger partial charge in [-0.15, -0.1) is 0 Å². The molecule has 182 valence electrons. The number of benzene rings is 2. The largest absolute Gasteiger partial charge is 0.481 e. The summed E-state index contributed by atoms with van der Waals surface area (Å²) in [5.74, 6) is -1.78. The van der Waals surface area contributed by atoms with Crippen molar-refractivity contribution in [2.45, 2.75) is 19.8 Å². The van der Waals surface area contributed by atoms with E-state index in [-0.39, 0.29) is 22.8 Å². The summed E-state index contributed by atoms with van der Waals surface area (Å²) >= 11 is 5.87. The molecule has 11 heteroatoms. The molecule has 3 rings (SSSR count). The van der Waals surface area contributed by atoms with Gasteiger partial charge in [0.05, 0.1) is 16.3 Å². The zero-order chi connectivity index (χ0) is 25.4. The van der Waals surface area contributed by atoms with Crippen molar-refractivity contribution in [1.82, 2.24) is 10.3 Å². The van der Waals surface area contributed by atoms with Crippen LogP contribution >= 0.6 is 11.6 Å². The number of nitrogens with zero attached hydrogens (tertiary/aromatic N) is 1. The van der Waals surface area contributed by atoms with Gasteiger partial charge in [0.1, 0.15) is 11.6 Å². The molecule has 0 aliphatic rings. The summed E-state index contributed by atoms with van der Waals surface area (Å²) in [4.78, 5) is 39.8. The van der Waals surface area contributed by atoms with E-state index in [4.69, 9.17) is 16.7 Å². The maximum Gasteiger partial charge on any atom is 0.320 e. The number of pyridine rings is 1. The second kappa shape index (κ2) is 11.8. The van der Waals surface area contributed by atoms with Crippen molar-refractivity contribution in [2.24, 2.45) is 0 Å². The summed E-state index contributed by atoms with van der Waals surface area (Å²) in [5.41, 5.74) is 2.19. The van der Waals surface area contributed by atoms with Crippen LogP contribution in [0, 0.1) is 5.82 Å². The van der Waals surface area contributed by atoms with E-state index in [1.54, 1.807) is 31.2 Å². The quantitative estimate of drug-likeness (QED) is 0.280. The molecule has 35 heavy (non-hydrogen) atoms. The lowest BCUT2D eigenvalue weighted by molar-refractivity contribution is -0.136. The van der Waals surface area contributed by atoms with E-state index >= 15 is 0 Å². The molecule has 0 saturated heterocycles. The number of aromatic nitrogens is 1. The molecule has 0 spiro atoms. The molecule has 0 radical (unpaired) electrons. The van der Waals surface area contributed by atoms with Gasteiger partial charge in [-0.1, -0.05) is 23.7 Å². The fourth-order valence-electron chi connectivity index (χ4n) is 3.06. The number of anilines is 4. The molecule has 2 aromatic carbocycles. The highest BCUT2D eigenvalue weighted by molar-refractivity contribution is 6.31. The first-order valence-corrected chi connectivity index (χ1v) is 11.0. The standard InChI is InChI=1S/C24H23ClFN5O4/c1-2-27-24(35)31-21-12-20(29-16-8-9-19(26)18(25)11-16)17(13-28-21)23(34)30-15-6-3-14(4-7-15)5-10-22(32)33/h3-4,6-9,11-13H,2,5,10H2,1H3,(H,30,34)(H,32,33)(H3,27,28,29,31,35). The first-order chi connectivity index (χ1) is 16.7. The lowest BCUT2D eigenvalue weighted by Gasteiger charge is -2.15. The Morgan fingerprint density at radius 2 is 1.74 bits per heavy atom. The van der Waals surface area contributed by atoms with Crippen molar-refractivity contribution < 1.29 is 23.9 Å². The van der Waals surface area contributed by atoms with Gasteiger partial charge in [-0.25, -0.2) is 14.2 Å². The minimum absolute atomic E-state index is 0.0104. The molecule has 0 aliphatic carbocycles. The minimum Gasteiger partial charge on any atom is -0.481 e. The zero-order valence-electron chi connectivity index (χ0n) is 18.7. The number of carbonyl (C=O) groups excluding carboxylic acids is 2. The molecule has 0 unspecified atom stereocenters. The zero-order valence-corrected chi connectivity index (χ0v) is 19.4. The summed E-state index contributed by atoms with van der Waals surface area (Å²) in [6.07, 6.45) is 1.68. The van der Waals surface area contributed by atoms with Gasteiger partial charge >= 0.3 is 12.0 Å². The van der Waals surface area contributed by atoms with E-state index in [9.17, 15) is 18.8 Å². The summed E-state index contributed by atoms with van der Waals surface area (Å²) < 4.78 is 13.6. The van der Waals surface area contributed by atoms with Crippen molar-refractivity contribution in [1.29, 1.82) is 0 Å². The van der Waals surface area contributed by atoms with Gasteiger partial charge in [0.25, 0.3) is 5.91 Å². The van der Waals surface area contributed by atoms with Gasteiger partial charge in [0.2, 0.25) is 0 Å². The summed E-state index contributed by atoms with van der Waals surface area (Å²) in [5, 5.41) is 19.6. The number of aryl methyl sites for hydroxylation is 1. The lowest BCUT2D eigenvalue weighted by atomic mass is 10.1. The van der Waals surface area contributed by atoms with Crippen LogP contribution in [0.25, 0.3) is 0 Å². The number of amides is 3. The van der Waals surface area contributed by atoms with Gasteiger partial charge in [0, 0.05) is 36.6 Å². The number of halogens is 2. The molecule has 5 N–H and O–H groups in total. The maximum atomic E-state index is 13.6. The highest BCUT2D eigenvalue weighted by atomic mass is 35.5. The second-order valence-electron chi connectivity index (χ2n) is 7.40. The van der Waals surface area contributed by atoms with Crippen LogP contribution < -0.4 is 21.3 Å². The van der Waals surface area contributed by atoms with Crippen molar-refractivity contribution in [3.05, 3.63) is 76.7 Å². The molecule has 0 aliphatic heterocycles. The average Bonchev–Trinajstić information content (AvgIpc) is 2.81. The molecule has 0 atom stereocenters. The van der Waals surface area contributed by atoms with Gasteiger partial charge in [-0.05, 0) is 49.2 Å². The molecule has 9 nitrogen and oxygen atoms in total. The predicted molar refractivity (Wildman–Crippen MR) is 132 cm³/mol. The smallest absolute Gasteiger partial charge is 0.320 e. The molecule has 0 saturated carbocycles. The van der Waals surface area contributed by atoms with Crippen LogP contribution in [0.15, 0.2) is 54.7 Å². The Balaban J connectivity index is 1.84. The molecule has 0 fully saturated rings. The third kappa shape index (κ3) is 7.41. The summed E-state index contributed by atoms with van der Waals surface area (Å²) in [7, 11) is 0. The van der Waals surface area contributed by atoms with Crippen LogP contribution in [0.2, 0.25) is 5.02 Å². The first-order valence-electron chi connectivity index (χ1n) is 10.6. The van der Waals surface area contributed by atoms with Crippen LogP contribution in [-0.4, -0.2) is 34.5 Å². The second-order valence-corrected chi connectivity index (χ2v) is 7.81. The molecule has 0 bridgehead atoms. The van der Waals surface area contributed by atoms with Crippen molar-refractivity contribution >= 4 is 52.4 Å². The Bertz CT molecular complexity index is 1240. The average molecular weight is 500 g/mol. The highest BCUT2D eigenvalue weighted by Crippen LogP contribution is 2.27. The van der Waals surface area contributed by atoms with Crippen molar-refractivity contribution in [3.63, 3.8) is 0 Å². The molecular weight excluding hydrogens is 477 g/mol. The van der Waals surface area contributed by atoms with E-state index in [1.165, 1.54) is 30.5 Å². The predicted octanol–water partition coefficient (Wildman–Crippen LogP) is 5.03. The summed E-state index contributed by atoms with van der Waals surface area (Å²) in [6.45, 7) is 2.19. The highest BCUT2D eigenvalue weighted by Gasteiger charge is 2.16. The Kier molecular flexibility index (Phi) is 8.58. The number of aliphatic carboxylic acids is 1. The molecule has 1 heterocycles. The number of hydrogen-bond donors (Lipinski definition) is 5. The van der Waals surface area contributed by atoms with E-state index in [2.05, 4.69) is 26.3 Å². The van der Waals surface area contributed by atoms with Crippen molar-refractivity contribution in [2.75, 3.05) is 22.5 Å². The Morgan fingerprint density at radius 1 is 1.03 bits per heavy atom. The molecule has 1 aromatic heterocycles. The number of hydrogen-bond acceptors (Lipinski definition) is 5. The number of carboxylic acids is 1. The van der Waals surface area contributed by atoms with Gasteiger partial charge in [-0.2, -0.15) is 0 Å². The fraction of sp³-hybridized carbons (Fsp3) is 0.167. The first kappa shape index (κ1) is 25.4. The summed E-state index contributed by atoms with van der Waals surface area (Å²) in [6, 6.07) is 11.8. The number of urea groups is 1. The lowest BCUT2D eigenvalue weighted by Crippen LogP contribution is -2.28. The molecule has 3 amide bonds. The van der Waals surface area contributed by atoms with Crippen LogP contribution in [0.3, 0.4) is 0 Å². The van der Waals surface area contributed by atoms with Crippen molar-refractivity contribution in [3.8, 4) is 0 Å². The SMILES string of the molecule is CCNC(=O)Nc1cc(Nc2ccc(F)c(Cl)c2)c(C(=O)Nc2ccc(CCC(=O)O)cc2)cn1. The van der Waals surface area contributed by atoms with E-state index < -0.39 is 23.7 Å². The Labute approximate surface area is 205 Å². The fourth-order valence-corrected chi connectivity index (χ4v) is 3.24. The van der Waals surface area contributed by atoms with E-state index in [0.29, 0.717) is 30.0 Å². The Hall–Kier alpha value is -4.18. The van der Waals surface area contributed by atoms with Gasteiger partial charge in [-0.3, -0.25) is 14.9 Å². The number of carbonyl (C=O) groups is 3. The molecular formula is C24H23ClFN5O4. The monoisotopic (exact) mass is 499 g/mol. The maximum absolute atomic E-state index is 13.6. The third-order valence-corrected chi connectivity index (χ3v) is 5.06. The van der Waals surface area contributed by atoms with Crippen LogP contribution in [0.4, 0.5) is 32.1 Å². The topological polar surface area (TPSA) is 132 Å². The van der Waals surface area contributed by atoms with E-state index in [1.807, 2.05) is 0 Å². The normalized spacial score (nSPS) is 10.4. The number of rotatable bonds is 9. The molecule has 3 aromatic rings. The minimum atomic E-state index is -0.887. The van der Waals surface area contributed by atoms with E-state index in [0.717, 1.165) is 5.56 Å². The number of nitrogens with one attached hydrogen (secondary N) is 4. The Morgan fingerprint density at radius 3 is 2.40 bits per heavy atom. The van der Waals surface area contributed by atoms with Crippen LogP contribution in [0.5, 0.6) is 0 Å². The number of carboxylic acid groups (broad SMARTS) is 1. The van der Waals surface area contributed by atoms with Crippen LogP contribution in [-0.2, 0) is 11.2 Å². The van der Waals surface area contributed by atoms with Gasteiger partial charge < -0.3 is 21.1 Å². The third-order valence-electron chi connectivity index (χ3n) is 4.77. The van der Waals surface area contributed by atoms with Gasteiger partial charge in [0.15, 0.2) is 0 Å².